The molecule has 1 aromatic heterocycles. The number of halogens is 1. The molecule has 3 aromatic rings. The van der Waals surface area contributed by atoms with E-state index in [1.165, 1.54) is 0 Å². The van der Waals surface area contributed by atoms with Crippen LogP contribution in [0.15, 0.2) is 66.9 Å². The molecule has 0 aliphatic rings. The van der Waals surface area contributed by atoms with E-state index < -0.39 is 0 Å². The SMILES string of the molecule is COc1ccc(Cl)cc1Nc1ccnc(C(=O)NC(C)c2ccccc2)c1. The minimum Gasteiger partial charge on any atom is -0.495 e. The van der Waals surface area contributed by atoms with Crippen molar-refractivity contribution in [3.8, 4) is 5.75 Å². The van der Waals surface area contributed by atoms with E-state index in [0.717, 1.165) is 5.56 Å². The number of ether oxygens (including phenoxy) is 1. The summed E-state index contributed by atoms with van der Waals surface area (Å²) >= 11 is 6.07. The number of hydrogen-bond acceptors (Lipinski definition) is 4. The molecule has 0 saturated carbocycles. The van der Waals surface area contributed by atoms with E-state index in [1.807, 2.05) is 37.3 Å². The molecule has 3 rings (SSSR count). The molecule has 0 saturated heterocycles. The summed E-state index contributed by atoms with van der Waals surface area (Å²) in [6.45, 7) is 1.94. The summed E-state index contributed by atoms with van der Waals surface area (Å²) in [5.74, 6) is 0.410. The van der Waals surface area contributed by atoms with Crippen LogP contribution in [0.4, 0.5) is 11.4 Å². The van der Waals surface area contributed by atoms with E-state index in [0.29, 0.717) is 27.8 Å². The summed E-state index contributed by atoms with van der Waals surface area (Å²) in [5.41, 5.74) is 2.77. The highest BCUT2D eigenvalue weighted by Crippen LogP contribution is 2.30. The molecule has 138 valence electrons. The van der Waals surface area contributed by atoms with Gasteiger partial charge in [-0.2, -0.15) is 0 Å². The molecule has 0 aliphatic carbocycles. The molecule has 6 heteroatoms. The van der Waals surface area contributed by atoms with E-state index in [4.69, 9.17) is 16.3 Å². The van der Waals surface area contributed by atoms with E-state index in [2.05, 4.69) is 15.6 Å². The lowest BCUT2D eigenvalue weighted by Crippen LogP contribution is -2.27. The summed E-state index contributed by atoms with van der Waals surface area (Å²) in [6.07, 6.45) is 1.58. The molecule has 27 heavy (non-hydrogen) atoms. The summed E-state index contributed by atoms with van der Waals surface area (Å²) in [5, 5.41) is 6.76. The van der Waals surface area contributed by atoms with E-state index in [-0.39, 0.29) is 11.9 Å². The fourth-order valence-electron chi connectivity index (χ4n) is 2.66. The molecule has 0 bridgehead atoms. The first-order chi connectivity index (χ1) is 13.1. The normalized spacial score (nSPS) is 11.5. The van der Waals surface area contributed by atoms with Gasteiger partial charge in [-0.15, -0.1) is 0 Å². The second kappa shape index (κ2) is 8.56. The van der Waals surface area contributed by atoms with Crippen molar-refractivity contribution in [2.24, 2.45) is 0 Å². The van der Waals surface area contributed by atoms with Gasteiger partial charge in [0.1, 0.15) is 11.4 Å². The largest absolute Gasteiger partial charge is 0.495 e. The quantitative estimate of drug-likeness (QED) is 0.632. The molecule has 0 aliphatic heterocycles. The van der Waals surface area contributed by atoms with Crippen LogP contribution in [0, 0.1) is 0 Å². The van der Waals surface area contributed by atoms with E-state index in [1.54, 1.807) is 43.6 Å². The van der Waals surface area contributed by atoms with Crippen LogP contribution in [-0.2, 0) is 0 Å². The van der Waals surface area contributed by atoms with Gasteiger partial charge < -0.3 is 15.4 Å². The van der Waals surface area contributed by atoms with Crippen molar-refractivity contribution < 1.29 is 9.53 Å². The third-order valence-electron chi connectivity index (χ3n) is 4.08. The highest BCUT2D eigenvalue weighted by atomic mass is 35.5. The summed E-state index contributed by atoms with van der Waals surface area (Å²) in [7, 11) is 1.59. The Morgan fingerprint density at radius 1 is 1.11 bits per heavy atom. The lowest BCUT2D eigenvalue weighted by Gasteiger charge is -2.15. The van der Waals surface area contributed by atoms with Crippen LogP contribution in [0.5, 0.6) is 5.75 Å². The van der Waals surface area contributed by atoms with Crippen molar-refractivity contribution in [3.63, 3.8) is 0 Å². The Labute approximate surface area is 163 Å². The number of hydrogen-bond donors (Lipinski definition) is 2. The highest BCUT2D eigenvalue weighted by Gasteiger charge is 2.13. The maximum atomic E-state index is 12.6. The highest BCUT2D eigenvalue weighted by molar-refractivity contribution is 6.31. The van der Waals surface area contributed by atoms with Crippen LogP contribution in [-0.4, -0.2) is 18.0 Å². The van der Waals surface area contributed by atoms with E-state index in [9.17, 15) is 4.79 Å². The maximum absolute atomic E-state index is 12.6. The van der Waals surface area contributed by atoms with Crippen LogP contribution in [0.1, 0.15) is 29.0 Å². The van der Waals surface area contributed by atoms with Gasteiger partial charge in [-0.3, -0.25) is 9.78 Å². The maximum Gasteiger partial charge on any atom is 0.270 e. The molecular formula is C21H20ClN3O2. The number of aromatic nitrogens is 1. The molecule has 5 nitrogen and oxygen atoms in total. The van der Waals surface area contributed by atoms with Gasteiger partial charge >= 0.3 is 0 Å². The Hall–Kier alpha value is -3.05. The Balaban J connectivity index is 1.75. The third kappa shape index (κ3) is 4.77. The molecule has 2 aromatic carbocycles. The van der Waals surface area contributed by atoms with Gasteiger partial charge in [0.25, 0.3) is 5.91 Å². The smallest absolute Gasteiger partial charge is 0.270 e. The van der Waals surface area contributed by atoms with Gasteiger partial charge in [-0.05, 0) is 42.8 Å². The van der Waals surface area contributed by atoms with Crippen LogP contribution < -0.4 is 15.4 Å². The van der Waals surface area contributed by atoms with Crippen LogP contribution in [0.25, 0.3) is 0 Å². The monoisotopic (exact) mass is 381 g/mol. The Bertz CT molecular complexity index is 932. The Kier molecular flexibility index (Phi) is 5.94. The number of rotatable bonds is 6. The first-order valence-electron chi connectivity index (χ1n) is 8.49. The first-order valence-corrected chi connectivity index (χ1v) is 8.87. The minimum atomic E-state index is -0.243. The molecule has 0 radical (unpaired) electrons. The van der Waals surface area contributed by atoms with Gasteiger partial charge in [-0.1, -0.05) is 41.9 Å². The number of carbonyl (C=O) groups is 1. The zero-order valence-corrected chi connectivity index (χ0v) is 15.8. The number of anilines is 2. The van der Waals surface area contributed by atoms with Gasteiger partial charge in [0, 0.05) is 16.9 Å². The van der Waals surface area contributed by atoms with Crippen molar-refractivity contribution in [1.29, 1.82) is 0 Å². The fourth-order valence-corrected chi connectivity index (χ4v) is 2.83. The predicted octanol–water partition coefficient (Wildman–Crippen LogP) is 4.98. The fraction of sp³-hybridized carbons (Fsp3) is 0.143. The van der Waals surface area contributed by atoms with Crippen LogP contribution in [0.2, 0.25) is 5.02 Å². The van der Waals surface area contributed by atoms with Crippen molar-refractivity contribution in [2.45, 2.75) is 13.0 Å². The number of amides is 1. The zero-order valence-electron chi connectivity index (χ0n) is 15.1. The van der Waals surface area contributed by atoms with Gasteiger partial charge in [0.15, 0.2) is 0 Å². The zero-order chi connectivity index (χ0) is 19.2. The molecule has 0 spiro atoms. The summed E-state index contributed by atoms with van der Waals surface area (Å²) in [6, 6.07) is 18.4. The number of pyridine rings is 1. The lowest BCUT2D eigenvalue weighted by atomic mass is 10.1. The first kappa shape index (κ1) is 18.7. The second-order valence-corrected chi connectivity index (χ2v) is 6.44. The Morgan fingerprint density at radius 2 is 1.89 bits per heavy atom. The molecule has 2 N–H and O–H groups in total. The molecular weight excluding hydrogens is 362 g/mol. The topological polar surface area (TPSA) is 63.2 Å². The van der Waals surface area contributed by atoms with Crippen molar-refractivity contribution in [3.05, 3.63) is 83.1 Å². The number of nitrogens with zero attached hydrogens (tertiary/aromatic N) is 1. The number of methoxy groups -OCH3 is 1. The van der Waals surface area contributed by atoms with Crippen molar-refractivity contribution in [2.75, 3.05) is 12.4 Å². The van der Waals surface area contributed by atoms with Crippen LogP contribution in [0.3, 0.4) is 0 Å². The number of carbonyl (C=O) groups excluding carboxylic acids is 1. The molecule has 1 amide bonds. The lowest BCUT2D eigenvalue weighted by molar-refractivity contribution is 0.0935. The average Bonchev–Trinajstić information content (AvgIpc) is 2.69. The standard InChI is InChI=1S/C21H20ClN3O2/c1-14(15-6-4-3-5-7-15)24-21(26)19-13-17(10-11-23-19)25-18-12-16(22)8-9-20(18)27-2/h3-14H,1-2H3,(H,23,25)(H,24,26). The van der Waals surface area contributed by atoms with Crippen LogP contribution >= 0.6 is 11.6 Å². The Morgan fingerprint density at radius 3 is 2.63 bits per heavy atom. The predicted molar refractivity (Wildman–Crippen MR) is 108 cm³/mol. The summed E-state index contributed by atoms with van der Waals surface area (Å²) in [4.78, 5) is 16.7. The minimum absolute atomic E-state index is 0.120. The average molecular weight is 382 g/mol. The van der Waals surface area contributed by atoms with Gasteiger partial charge in [-0.25, -0.2) is 0 Å². The number of benzene rings is 2. The second-order valence-electron chi connectivity index (χ2n) is 6.01. The molecule has 1 unspecified atom stereocenters. The van der Waals surface area contributed by atoms with Gasteiger partial charge in [0.2, 0.25) is 0 Å². The molecule has 1 atom stereocenters. The molecule has 0 fully saturated rings. The summed E-state index contributed by atoms with van der Waals surface area (Å²) < 4.78 is 5.34. The van der Waals surface area contributed by atoms with E-state index >= 15 is 0 Å². The number of nitrogens with one attached hydrogen (secondary N) is 2. The molecule has 1 heterocycles. The third-order valence-corrected chi connectivity index (χ3v) is 4.32. The van der Waals surface area contributed by atoms with Gasteiger partial charge in [0.05, 0.1) is 18.8 Å². The van der Waals surface area contributed by atoms with Crippen molar-refractivity contribution >= 4 is 28.9 Å². The van der Waals surface area contributed by atoms with Crippen molar-refractivity contribution in [1.82, 2.24) is 10.3 Å².